The quantitative estimate of drug-likeness (QED) is 0.567. The Morgan fingerprint density at radius 1 is 1.33 bits per heavy atom. The van der Waals surface area contributed by atoms with Crippen molar-refractivity contribution in [1.82, 2.24) is 0 Å². The smallest absolute Gasteiger partial charge is 0.132 e. The lowest BCUT2D eigenvalue weighted by molar-refractivity contribution is 0.872. The van der Waals surface area contributed by atoms with Crippen LogP contribution in [0.4, 0.5) is 0 Å². The van der Waals surface area contributed by atoms with Crippen molar-refractivity contribution in [1.29, 1.82) is 0 Å². The van der Waals surface area contributed by atoms with E-state index in [2.05, 4.69) is 28.8 Å². The van der Waals surface area contributed by atoms with Crippen LogP contribution in [0, 0.1) is 5.92 Å². The first-order chi connectivity index (χ1) is 5.70. The van der Waals surface area contributed by atoms with Crippen LogP contribution in [0.25, 0.3) is 0 Å². The topological polar surface area (TPSA) is 37.1 Å². The van der Waals surface area contributed by atoms with Crippen molar-refractivity contribution < 1.29 is 0 Å². The van der Waals surface area contributed by atoms with Crippen LogP contribution in [0.2, 0.25) is 0 Å². The van der Waals surface area contributed by atoms with Gasteiger partial charge in [0, 0.05) is 18.3 Å². The van der Waals surface area contributed by atoms with Gasteiger partial charge in [-0.05, 0) is 12.5 Å². The van der Waals surface area contributed by atoms with Gasteiger partial charge in [-0.1, -0.05) is 13.8 Å². The summed E-state index contributed by atoms with van der Waals surface area (Å²) in [4.78, 5) is 12.3. The predicted octanol–water partition coefficient (Wildman–Crippen LogP) is 2.06. The molecule has 0 amide bonds. The maximum Gasteiger partial charge on any atom is 0.132 e. The van der Waals surface area contributed by atoms with Crippen LogP contribution in [-0.2, 0) is 0 Å². The molecule has 0 N–H and O–H groups in total. The monoisotopic (exact) mass is 163 g/mol. The Hall–Kier alpha value is -1.25. The summed E-state index contributed by atoms with van der Waals surface area (Å²) in [7, 11) is 0. The van der Waals surface area contributed by atoms with Crippen molar-refractivity contribution in [3.8, 4) is 0 Å². The average molecular weight is 163 g/mol. The first-order valence-corrected chi connectivity index (χ1v) is 4.00. The van der Waals surface area contributed by atoms with Crippen LogP contribution in [-0.4, -0.2) is 18.4 Å². The Morgan fingerprint density at radius 3 is 2.75 bits per heavy atom. The Kier molecular flexibility index (Phi) is 2.91. The lowest BCUT2D eigenvalue weighted by atomic mass is 10.2. The SMILES string of the molecule is CC1=CN=C(C(C)C)N=CN=C1. The van der Waals surface area contributed by atoms with Crippen LogP contribution >= 0.6 is 0 Å². The highest BCUT2D eigenvalue weighted by atomic mass is 15.0. The third kappa shape index (κ3) is 2.42. The molecular weight excluding hydrogens is 150 g/mol. The molecule has 0 spiro atoms. The summed E-state index contributed by atoms with van der Waals surface area (Å²) in [5, 5.41) is 0. The molecule has 0 aromatic heterocycles. The van der Waals surface area contributed by atoms with Crippen LogP contribution in [0.1, 0.15) is 20.8 Å². The van der Waals surface area contributed by atoms with Gasteiger partial charge in [0.25, 0.3) is 0 Å². The maximum atomic E-state index is 4.23. The van der Waals surface area contributed by atoms with Crippen molar-refractivity contribution in [3.63, 3.8) is 0 Å². The molecule has 0 aliphatic carbocycles. The Bertz CT molecular complexity index is 269. The van der Waals surface area contributed by atoms with E-state index in [-0.39, 0.29) is 0 Å². The minimum absolute atomic E-state index is 0.346. The number of nitrogens with zero attached hydrogens (tertiary/aromatic N) is 3. The number of hydrogen-bond acceptors (Lipinski definition) is 3. The Balaban J connectivity index is 2.89. The van der Waals surface area contributed by atoms with E-state index < -0.39 is 0 Å². The van der Waals surface area contributed by atoms with Gasteiger partial charge < -0.3 is 0 Å². The third-order valence-electron chi connectivity index (χ3n) is 1.45. The molecule has 0 fully saturated rings. The second-order valence-electron chi connectivity index (χ2n) is 3.04. The summed E-state index contributed by atoms with van der Waals surface area (Å²) in [5.41, 5.74) is 1.04. The zero-order valence-electron chi connectivity index (χ0n) is 7.65. The van der Waals surface area contributed by atoms with Crippen LogP contribution in [0.15, 0.2) is 26.8 Å². The summed E-state index contributed by atoms with van der Waals surface area (Å²) in [6.07, 6.45) is 5.06. The van der Waals surface area contributed by atoms with E-state index >= 15 is 0 Å². The van der Waals surface area contributed by atoms with Crippen molar-refractivity contribution >= 4 is 18.4 Å². The van der Waals surface area contributed by atoms with Crippen molar-refractivity contribution in [3.05, 3.63) is 11.8 Å². The molecular formula is C9H13N3. The van der Waals surface area contributed by atoms with E-state index in [1.807, 2.05) is 6.92 Å². The molecule has 0 aromatic carbocycles. The molecule has 0 bridgehead atoms. The van der Waals surface area contributed by atoms with Crippen molar-refractivity contribution in [2.24, 2.45) is 20.9 Å². The number of allylic oxidation sites excluding steroid dienone is 1. The average Bonchev–Trinajstić information content (AvgIpc) is 1.97. The fourth-order valence-corrected chi connectivity index (χ4v) is 0.776. The zero-order chi connectivity index (χ0) is 8.97. The van der Waals surface area contributed by atoms with Crippen molar-refractivity contribution in [2.75, 3.05) is 0 Å². The van der Waals surface area contributed by atoms with Crippen molar-refractivity contribution in [2.45, 2.75) is 20.8 Å². The van der Waals surface area contributed by atoms with Gasteiger partial charge in [0.15, 0.2) is 0 Å². The highest BCUT2D eigenvalue weighted by Crippen LogP contribution is 2.02. The van der Waals surface area contributed by atoms with Gasteiger partial charge in [0.05, 0.1) is 0 Å². The lowest BCUT2D eigenvalue weighted by Gasteiger charge is -2.02. The number of rotatable bonds is 1. The highest BCUT2D eigenvalue weighted by molar-refractivity contribution is 5.95. The molecule has 0 saturated heterocycles. The van der Waals surface area contributed by atoms with Gasteiger partial charge in [0.2, 0.25) is 0 Å². The largest absolute Gasteiger partial charge is 0.244 e. The molecule has 1 rings (SSSR count). The molecule has 1 aliphatic heterocycles. The van der Waals surface area contributed by atoms with E-state index in [1.165, 1.54) is 6.34 Å². The molecule has 0 atom stereocenters. The summed E-state index contributed by atoms with van der Waals surface area (Å²) < 4.78 is 0. The molecule has 0 aromatic rings. The summed E-state index contributed by atoms with van der Waals surface area (Å²) in [6, 6.07) is 0. The molecule has 1 heterocycles. The molecule has 0 radical (unpaired) electrons. The Morgan fingerprint density at radius 2 is 2.08 bits per heavy atom. The van der Waals surface area contributed by atoms with E-state index in [0.29, 0.717) is 5.92 Å². The van der Waals surface area contributed by atoms with Gasteiger partial charge in [0.1, 0.15) is 12.2 Å². The van der Waals surface area contributed by atoms with Gasteiger partial charge in [-0.3, -0.25) is 0 Å². The van der Waals surface area contributed by atoms with Crippen LogP contribution < -0.4 is 0 Å². The summed E-state index contributed by atoms with van der Waals surface area (Å²) in [5.74, 6) is 1.17. The first kappa shape index (κ1) is 8.84. The number of amidine groups is 1. The van der Waals surface area contributed by atoms with Gasteiger partial charge in [-0.15, -0.1) is 0 Å². The van der Waals surface area contributed by atoms with Crippen LogP contribution in [0.3, 0.4) is 0 Å². The van der Waals surface area contributed by atoms with E-state index in [0.717, 1.165) is 11.4 Å². The number of aliphatic imine (C=N–C) groups is 3. The first-order valence-electron chi connectivity index (χ1n) is 4.00. The van der Waals surface area contributed by atoms with E-state index in [9.17, 15) is 0 Å². The normalized spacial score (nSPS) is 17.0. The molecule has 0 unspecified atom stereocenters. The molecule has 12 heavy (non-hydrogen) atoms. The van der Waals surface area contributed by atoms with Crippen LogP contribution in [0.5, 0.6) is 0 Å². The second-order valence-corrected chi connectivity index (χ2v) is 3.04. The van der Waals surface area contributed by atoms with E-state index in [1.54, 1.807) is 12.4 Å². The zero-order valence-corrected chi connectivity index (χ0v) is 7.65. The summed E-state index contributed by atoms with van der Waals surface area (Å²) >= 11 is 0. The molecule has 64 valence electrons. The lowest BCUT2D eigenvalue weighted by Crippen LogP contribution is -2.04. The molecule has 3 nitrogen and oxygen atoms in total. The number of hydrogen-bond donors (Lipinski definition) is 0. The predicted molar refractivity (Wildman–Crippen MR) is 53.0 cm³/mol. The van der Waals surface area contributed by atoms with Gasteiger partial charge in [-0.2, -0.15) is 0 Å². The van der Waals surface area contributed by atoms with Gasteiger partial charge in [-0.25, -0.2) is 15.0 Å². The van der Waals surface area contributed by atoms with E-state index in [4.69, 9.17) is 0 Å². The summed E-state index contributed by atoms with van der Waals surface area (Å²) in [6.45, 7) is 6.08. The third-order valence-corrected chi connectivity index (χ3v) is 1.45. The minimum Gasteiger partial charge on any atom is -0.244 e. The highest BCUT2D eigenvalue weighted by Gasteiger charge is 2.01. The molecule has 3 heteroatoms. The van der Waals surface area contributed by atoms with Gasteiger partial charge >= 0.3 is 0 Å². The maximum absolute atomic E-state index is 4.23. The fraction of sp³-hybridized carbons (Fsp3) is 0.444. The minimum atomic E-state index is 0.346. The fourth-order valence-electron chi connectivity index (χ4n) is 0.776. The standard InChI is InChI=1S/C9H13N3/c1-7(2)9-11-5-8(3)4-10-6-12-9/h4-7H,1-3H3. The Labute approximate surface area is 72.6 Å². The second kappa shape index (κ2) is 3.95. The molecule has 1 aliphatic rings. The molecule has 0 saturated carbocycles.